The third-order valence-electron chi connectivity index (χ3n) is 4.52. The lowest BCUT2D eigenvalue weighted by atomic mass is 10.1. The molecule has 2 heterocycles. The summed E-state index contributed by atoms with van der Waals surface area (Å²) in [6.45, 7) is 3.79. The highest BCUT2D eigenvalue weighted by Gasteiger charge is 2.22. The van der Waals surface area contributed by atoms with E-state index in [4.69, 9.17) is 4.52 Å². The summed E-state index contributed by atoms with van der Waals surface area (Å²) in [5.41, 5.74) is 4.35. The third-order valence-corrected chi connectivity index (χ3v) is 4.52. The van der Waals surface area contributed by atoms with Crippen molar-refractivity contribution in [1.82, 2.24) is 10.1 Å². The van der Waals surface area contributed by atoms with Crippen molar-refractivity contribution in [3.8, 4) is 11.3 Å². The Hall–Kier alpha value is -3.47. The molecule has 2 aromatic heterocycles. The highest BCUT2D eigenvalue weighted by Crippen LogP contribution is 2.28. The van der Waals surface area contributed by atoms with Crippen LogP contribution in [0.3, 0.4) is 0 Å². The molecule has 27 heavy (non-hydrogen) atoms. The minimum atomic E-state index is -0.244. The average Bonchev–Trinajstić information content (AvgIpc) is 3.10. The molecule has 5 nitrogen and oxygen atoms in total. The third kappa shape index (κ3) is 3.19. The Morgan fingerprint density at radius 1 is 1.07 bits per heavy atom. The Kier molecular flexibility index (Phi) is 4.42. The van der Waals surface area contributed by atoms with E-state index in [2.05, 4.69) is 15.5 Å². The standard InChI is InChI=1S/C22H19N3O2/c1-3-16-13-19(17-11-7-8-12-18(17)23-16)24-22(26)20-14(2)27-25-21(20)15-9-5-4-6-10-15/h4-13H,3H2,1-2H3,(H,23,24,26). The highest BCUT2D eigenvalue weighted by molar-refractivity contribution is 6.11. The van der Waals surface area contributed by atoms with Gasteiger partial charge in [-0.3, -0.25) is 9.78 Å². The maximum Gasteiger partial charge on any atom is 0.261 e. The second-order valence-electron chi connectivity index (χ2n) is 6.31. The smallest absolute Gasteiger partial charge is 0.261 e. The van der Waals surface area contributed by atoms with Crippen LogP contribution in [0.15, 0.2) is 65.2 Å². The lowest BCUT2D eigenvalue weighted by molar-refractivity contribution is 0.102. The van der Waals surface area contributed by atoms with Crippen molar-refractivity contribution in [3.05, 3.63) is 77.7 Å². The number of amides is 1. The van der Waals surface area contributed by atoms with Crippen molar-refractivity contribution in [1.29, 1.82) is 0 Å². The van der Waals surface area contributed by atoms with Gasteiger partial charge in [0.25, 0.3) is 5.91 Å². The molecule has 0 aliphatic carbocycles. The summed E-state index contributed by atoms with van der Waals surface area (Å²) in [5, 5.41) is 8.03. The molecule has 0 saturated heterocycles. The lowest BCUT2D eigenvalue weighted by Gasteiger charge is -2.11. The molecule has 0 aliphatic heterocycles. The Morgan fingerprint density at radius 2 is 1.81 bits per heavy atom. The summed E-state index contributed by atoms with van der Waals surface area (Å²) in [6.07, 6.45) is 0.787. The molecule has 1 N–H and O–H groups in total. The fourth-order valence-corrected chi connectivity index (χ4v) is 3.13. The van der Waals surface area contributed by atoms with Gasteiger partial charge in [-0.15, -0.1) is 0 Å². The number of pyridine rings is 1. The minimum absolute atomic E-state index is 0.244. The molecular formula is C22H19N3O2. The van der Waals surface area contributed by atoms with E-state index in [-0.39, 0.29) is 5.91 Å². The largest absolute Gasteiger partial charge is 0.360 e. The molecule has 5 heteroatoms. The number of anilines is 1. The zero-order valence-electron chi connectivity index (χ0n) is 15.2. The number of hydrogen-bond acceptors (Lipinski definition) is 4. The van der Waals surface area contributed by atoms with Crippen LogP contribution >= 0.6 is 0 Å². The number of para-hydroxylation sites is 1. The number of nitrogens with one attached hydrogen (secondary N) is 1. The quantitative estimate of drug-likeness (QED) is 0.557. The predicted octanol–water partition coefficient (Wildman–Crippen LogP) is 5.01. The number of carbonyl (C=O) groups is 1. The van der Waals surface area contributed by atoms with E-state index in [1.807, 2.05) is 67.6 Å². The van der Waals surface area contributed by atoms with Crippen molar-refractivity contribution < 1.29 is 9.32 Å². The van der Waals surface area contributed by atoms with Crippen molar-refractivity contribution in [3.63, 3.8) is 0 Å². The minimum Gasteiger partial charge on any atom is -0.360 e. The van der Waals surface area contributed by atoms with E-state index >= 15 is 0 Å². The van der Waals surface area contributed by atoms with Crippen LogP contribution < -0.4 is 5.32 Å². The molecule has 0 unspecified atom stereocenters. The summed E-state index contributed by atoms with van der Waals surface area (Å²) in [6, 6.07) is 19.3. The van der Waals surface area contributed by atoms with Gasteiger partial charge in [-0.25, -0.2) is 0 Å². The molecule has 0 atom stereocenters. The lowest BCUT2D eigenvalue weighted by Crippen LogP contribution is -2.14. The van der Waals surface area contributed by atoms with Crippen molar-refractivity contribution >= 4 is 22.5 Å². The van der Waals surface area contributed by atoms with Crippen LogP contribution in [0.2, 0.25) is 0 Å². The predicted molar refractivity (Wildman–Crippen MR) is 106 cm³/mol. The first kappa shape index (κ1) is 17.0. The van der Waals surface area contributed by atoms with Gasteiger partial charge in [0, 0.05) is 16.6 Å². The monoisotopic (exact) mass is 357 g/mol. The van der Waals surface area contributed by atoms with Gasteiger partial charge in [-0.05, 0) is 25.5 Å². The van der Waals surface area contributed by atoms with Crippen LogP contribution in [0.5, 0.6) is 0 Å². The van der Waals surface area contributed by atoms with Gasteiger partial charge in [0.15, 0.2) is 0 Å². The molecule has 0 aliphatic rings. The van der Waals surface area contributed by atoms with Gasteiger partial charge in [0.2, 0.25) is 0 Å². The van der Waals surface area contributed by atoms with Crippen LogP contribution in [0.25, 0.3) is 22.2 Å². The maximum atomic E-state index is 13.1. The second kappa shape index (κ2) is 7.03. The van der Waals surface area contributed by atoms with Crippen LogP contribution in [0.4, 0.5) is 5.69 Å². The molecule has 1 amide bonds. The molecule has 0 saturated carbocycles. The number of rotatable bonds is 4. The topological polar surface area (TPSA) is 68.0 Å². The number of aryl methyl sites for hydroxylation is 2. The molecular weight excluding hydrogens is 338 g/mol. The zero-order chi connectivity index (χ0) is 18.8. The zero-order valence-corrected chi connectivity index (χ0v) is 15.2. The maximum absolute atomic E-state index is 13.1. The molecule has 0 spiro atoms. The van der Waals surface area contributed by atoms with Gasteiger partial charge < -0.3 is 9.84 Å². The first-order valence-corrected chi connectivity index (χ1v) is 8.89. The number of hydrogen-bond donors (Lipinski definition) is 1. The molecule has 4 rings (SSSR count). The Morgan fingerprint density at radius 3 is 2.59 bits per heavy atom. The Bertz CT molecular complexity index is 1120. The first-order chi connectivity index (χ1) is 13.2. The van der Waals surface area contributed by atoms with Gasteiger partial charge in [0.05, 0.1) is 11.2 Å². The Labute approximate surface area is 157 Å². The van der Waals surface area contributed by atoms with Crippen LogP contribution in [-0.4, -0.2) is 16.0 Å². The molecule has 4 aromatic rings. The van der Waals surface area contributed by atoms with Crippen LogP contribution in [0.1, 0.15) is 28.7 Å². The number of aromatic nitrogens is 2. The molecule has 0 radical (unpaired) electrons. The van der Waals surface area contributed by atoms with Crippen molar-refractivity contribution in [2.24, 2.45) is 0 Å². The molecule has 2 aromatic carbocycles. The molecule has 0 bridgehead atoms. The summed E-state index contributed by atoms with van der Waals surface area (Å²) in [7, 11) is 0. The van der Waals surface area contributed by atoms with E-state index < -0.39 is 0 Å². The van der Waals surface area contributed by atoms with E-state index in [0.717, 1.165) is 34.3 Å². The summed E-state index contributed by atoms with van der Waals surface area (Å²) in [4.78, 5) is 17.7. The molecule has 0 fully saturated rings. The summed E-state index contributed by atoms with van der Waals surface area (Å²) < 4.78 is 5.32. The molecule has 134 valence electrons. The van der Waals surface area contributed by atoms with Crippen LogP contribution in [-0.2, 0) is 6.42 Å². The Balaban J connectivity index is 1.76. The van der Waals surface area contributed by atoms with Gasteiger partial charge in [-0.1, -0.05) is 60.6 Å². The fourth-order valence-electron chi connectivity index (χ4n) is 3.13. The van der Waals surface area contributed by atoms with E-state index in [9.17, 15) is 4.79 Å². The fraction of sp³-hybridized carbons (Fsp3) is 0.136. The number of benzene rings is 2. The normalized spacial score (nSPS) is 10.9. The SMILES string of the molecule is CCc1cc(NC(=O)c2c(-c3ccccc3)noc2C)c2ccccc2n1. The highest BCUT2D eigenvalue weighted by atomic mass is 16.5. The number of carbonyl (C=O) groups excluding carboxylic acids is 1. The average molecular weight is 357 g/mol. The summed E-state index contributed by atoms with van der Waals surface area (Å²) in [5.74, 6) is 0.242. The van der Waals surface area contributed by atoms with Gasteiger partial charge >= 0.3 is 0 Å². The van der Waals surface area contributed by atoms with Crippen molar-refractivity contribution in [2.45, 2.75) is 20.3 Å². The van der Waals surface area contributed by atoms with E-state index in [1.54, 1.807) is 6.92 Å². The number of fused-ring (bicyclic) bond motifs is 1. The van der Waals surface area contributed by atoms with E-state index in [1.165, 1.54) is 0 Å². The first-order valence-electron chi connectivity index (χ1n) is 8.89. The van der Waals surface area contributed by atoms with Crippen molar-refractivity contribution in [2.75, 3.05) is 5.32 Å². The van der Waals surface area contributed by atoms with Crippen LogP contribution in [0, 0.1) is 6.92 Å². The second-order valence-corrected chi connectivity index (χ2v) is 6.31. The van der Waals surface area contributed by atoms with Gasteiger partial charge in [-0.2, -0.15) is 0 Å². The van der Waals surface area contributed by atoms with Gasteiger partial charge in [0.1, 0.15) is 17.0 Å². The van der Waals surface area contributed by atoms with E-state index in [0.29, 0.717) is 17.0 Å². The number of nitrogens with zero attached hydrogens (tertiary/aromatic N) is 2. The summed E-state index contributed by atoms with van der Waals surface area (Å²) >= 11 is 0.